The van der Waals surface area contributed by atoms with Crippen molar-refractivity contribution in [3.8, 4) is 0 Å². The second-order valence-electron chi connectivity index (χ2n) is 5.20. The van der Waals surface area contributed by atoms with Gasteiger partial charge in [0.15, 0.2) is 0 Å². The summed E-state index contributed by atoms with van der Waals surface area (Å²) in [6, 6.07) is 14.8. The third-order valence-electron chi connectivity index (χ3n) is 3.94. The molecule has 2 atom stereocenters. The minimum Gasteiger partial charge on any atom is -0.393 e. The molecule has 0 amide bonds. The van der Waals surface area contributed by atoms with Crippen molar-refractivity contribution in [1.29, 1.82) is 0 Å². The normalized spacial score (nSPS) is 23.4. The molecule has 1 saturated carbocycles. The molecule has 1 aliphatic rings. The maximum absolute atomic E-state index is 9.80. The van der Waals surface area contributed by atoms with Crippen LogP contribution in [0.2, 0.25) is 0 Å². The second-order valence-corrected chi connectivity index (χ2v) is 5.20. The number of benzene rings is 2. The smallest absolute Gasteiger partial charge is 0.0585 e. The number of hydrogen-bond acceptors (Lipinski definition) is 2. The van der Waals surface area contributed by atoms with Crippen LogP contribution in [-0.2, 0) is 0 Å². The number of nitrogens with one attached hydrogen (secondary N) is 1. The minimum absolute atomic E-state index is 0.113. The van der Waals surface area contributed by atoms with E-state index in [4.69, 9.17) is 0 Å². The summed E-state index contributed by atoms with van der Waals surface area (Å²) in [5, 5.41) is 15.8. The molecule has 2 nitrogen and oxygen atoms in total. The molecular formula is C16H19NO. The van der Waals surface area contributed by atoms with Gasteiger partial charge in [-0.05, 0) is 35.7 Å². The van der Waals surface area contributed by atoms with Gasteiger partial charge < -0.3 is 10.4 Å². The van der Waals surface area contributed by atoms with E-state index in [0.717, 1.165) is 31.5 Å². The quantitative estimate of drug-likeness (QED) is 0.863. The van der Waals surface area contributed by atoms with E-state index >= 15 is 0 Å². The Kier molecular flexibility index (Phi) is 3.20. The van der Waals surface area contributed by atoms with Gasteiger partial charge in [-0.1, -0.05) is 36.8 Å². The van der Waals surface area contributed by atoms with Crippen molar-refractivity contribution in [2.45, 2.75) is 25.4 Å². The number of fused-ring (bicyclic) bond motifs is 1. The fourth-order valence-electron chi connectivity index (χ4n) is 2.80. The van der Waals surface area contributed by atoms with Gasteiger partial charge in [0.05, 0.1) is 6.10 Å². The monoisotopic (exact) mass is 241 g/mol. The van der Waals surface area contributed by atoms with Crippen molar-refractivity contribution in [2.24, 2.45) is 5.92 Å². The van der Waals surface area contributed by atoms with Crippen molar-refractivity contribution in [2.75, 3.05) is 11.9 Å². The molecule has 2 N–H and O–H groups in total. The zero-order valence-corrected chi connectivity index (χ0v) is 10.5. The van der Waals surface area contributed by atoms with Crippen molar-refractivity contribution < 1.29 is 5.11 Å². The van der Waals surface area contributed by atoms with Crippen molar-refractivity contribution in [1.82, 2.24) is 0 Å². The van der Waals surface area contributed by atoms with Gasteiger partial charge in [0.2, 0.25) is 0 Å². The van der Waals surface area contributed by atoms with Crippen LogP contribution in [0.3, 0.4) is 0 Å². The zero-order chi connectivity index (χ0) is 12.4. The lowest BCUT2D eigenvalue weighted by Gasteiger charge is -2.16. The predicted molar refractivity (Wildman–Crippen MR) is 75.8 cm³/mol. The molecule has 2 aromatic rings. The molecule has 0 bridgehead atoms. The summed E-state index contributed by atoms with van der Waals surface area (Å²) in [5.41, 5.74) is 1.15. The van der Waals surface area contributed by atoms with Gasteiger partial charge in [0.25, 0.3) is 0 Å². The lowest BCUT2D eigenvalue weighted by molar-refractivity contribution is 0.138. The highest BCUT2D eigenvalue weighted by Crippen LogP contribution is 2.26. The Balaban J connectivity index is 1.71. The largest absolute Gasteiger partial charge is 0.393 e. The van der Waals surface area contributed by atoms with E-state index < -0.39 is 0 Å². The van der Waals surface area contributed by atoms with Gasteiger partial charge in [0.1, 0.15) is 0 Å². The summed E-state index contributed by atoms with van der Waals surface area (Å²) >= 11 is 0. The molecular weight excluding hydrogens is 222 g/mol. The Labute approximate surface area is 108 Å². The van der Waals surface area contributed by atoms with E-state index in [9.17, 15) is 5.11 Å². The van der Waals surface area contributed by atoms with Gasteiger partial charge in [0, 0.05) is 18.2 Å². The number of hydrogen-bond donors (Lipinski definition) is 2. The average Bonchev–Trinajstić information content (AvgIpc) is 2.82. The van der Waals surface area contributed by atoms with Crippen LogP contribution in [0, 0.1) is 5.92 Å². The van der Waals surface area contributed by atoms with Gasteiger partial charge >= 0.3 is 0 Å². The first-order chi connectivity index (χ1) is 8.83. The van der Waals surface area contributed by atoms with E-state index in [0.29, 0.717) is 5.92 Å². The van der Waals surface area contributed by atoms with Crippen LogP contribution in [0.15, 0.2) is 42.5 Å². The lowest BCUT2D eigenvalue weighted by Crippen LogP contribution is -2.21. The Morgan fingerprint density at radius 2 is 1.89 bits per heavy atom. The van der Waals surface area contributed by atoms with Gasteiger partial charge in [-0.25, -0.2) is 0 Å². The zero-order valence-electron chi connectivity index (χ0n) is 10.5. The van der Waals surface area contributed by atoms with E-state index in [1.54, 1.807) is 0 Å². The molecule has 18 heavy (non-hydrogen) atoms. The molecule has 0 heterocycles. The number of rotatable bonds is 3. The number of aliphatic hydroxyl groups excluding tert-OH is 1. The standard InChI is InChI=1S/C16H19NO/c18-16-7-3-6-14(16)11-17-15-9-8-12-4-1-2-5-13(12)10-15/h1-2,4-5,8-10,14,16-18H,3,6-7,11H2. The van der Waals surface area contributed by atoms with Crippen LogP contribution < -0.4 is 5.32 Å². The first kappa shape index (κ1) is 11.5. The van der Waals surface area contributed by atoms with Gasteiger partial charge in [-0.2, -0.15) is 0 Å². The Bertz CT molecular complexity index is 537. The molecule has 2 heteroatoms. The van der Waals surface area contributed by atoms with E-state index in [2.05, 4.69) is 47.8 Å². The summed E-state index contributed by atoms with van der Waals surface area (Å²) in [5.74, 6) is 0.413. The fourth-order valence-corrected chi connectivity index (χ4v) is 2.80. The predicted octanol–water partition coefficient (Wildman–Crippen LogP) is 3.41. The van der Waals surface area contributed by atoms with Crippen LogP contribution in [0.25, 0.3) is 10.8 Å². The summed E-state index contributed by atoms with van der Waals surface area (Å²) in [6.45, 7) is 0.875. The topological polar surface area (TPSA) is 32.3 Å². The highest BCUT2D eigenvalue weighted by molar-refractivity contribution is 5.85. The molecule has 2 aromatic carbocycles. The molecule has 0 aliphatic heterocycles. The third-order valence-corrected chi connectivity index (χ3v) is 3.94. The highest BCUT2D eigenvalue weighted by Gasteiger charge is 2.24. The summed E-state index contributed by atoms with van der Waals surface area (Å²) in [4.78, 5) is 0. The van der Waals surface area contributed by atoms with Crippen LogP contribution in [0.4, 0.5) is 5.69 Å². The maximum atomic E-state index is 9.80. The van der Waals surface area contributed by atoms with E-state index in [-0.39, 0.29) is 6.10 Å². The van der Waals surface area contributed by atoms with Crippen molar-refractivity contribution in [3.05, 3.63) is 42.5 Å². The van der Waals surface area contributed by atoms with Crippen LogP contribution >= 0.6 is 0 Å². The Morgan fingerprint density at radius 1 is 1.06 bits per heavy atom. The highest BCUT2D eigenvalue weighted by atomic mass is 16.3. The number of anilines is 1. The Hall–Kier alpha value is -1.54. The summed E-state index contributed by atoms with van der Waals surface area (Å²) in [7, 11) is 0. The first-order valence-electron chi connectivity index (χ1n) is 6.74. The maximum Gasteiger partial charge on any atom is 0.0585 e. The molecule has 94 valence electrons. The van der Waals surface area contributed by atoms with Crippen molar-refractivity contribution >= 4 is 16.5 Å². The molecule has 1 fully saturated rings. The summed E-state index contributed by atoms with van der Waals surface area (Å²) < 4.78 is 0. The summed E-state index contributed by atoms with van der Waals surface area (Å²) in [6.07, 6.45) is 3.15. The molecule has 0 spiro atoms. The molecule has 2 unspecified atom stereocenters. The molecule has 0 aromatic heterocycles. The van der Waals surface area contributed by atoms with E-state index in [1.807, 2.05) is 0 Å². The minimum atomic E-state index is -0.113. The molecule has 3 rings (SSSR count). The number of aliphatic hydroxyl groups is 1. The second kappa shape index (κ2) is 4.99. The molecule has 0 saturated heterocycles. The third kappa shape index (κ3) is 2.34. The van der Waals surface area contributed by atoms with Gasteiger partial charge in [-0.3, -0.25) is 0 Å². The molecule has 1 aliphatic carbocycles. The molecule has 0 radical (unpaired) electrons. The first-order valence-corrected chi connectivity index (χ1v) is 6.74. The average molecular weight is 241 g/mol. The van der Waals surface area contributed by atoms with Crippen LogP contribution in [0.1, 0.15) is 19.3 Å². The van der Waals surface area contributed by atoms with Crippen molar-refractivity contribution in [3.63, 3.8) is 0 Å². The van der Waals surface area contributed by atoms with Crippen LogP contribution in [0.5, 0.6) is 0 Å². The van der Waals surface area contributed by atoms with E-state index in [1.165, 1.54) is 10.8 Å². The Morgan fingerprint density at radius 3 is 2.67 bits per heavy atom. The van der Waals surface area contributed by atoms with Gasteiger partial charge in [-0.15, -0.1) is 0 Å². The SMILES string of the molecule is OC1CCCC1CNc1ccc2ccccc2c1. The lowest BCUT2D eigenvalue weighted by atomic mass is 10.1. The fraction of sp³-hybridized carbons (Fsp3) is 0.375. The van der Waals surface area contributed by atoms with Crippen LogP contribution in [-0.4, -0.2) is 17.8 Å².